The molecule has 0 atom stereocenters. The summed E-state index contributed by atoms with van der Waals surface area (Å²) in [6.07, 6.45) is 0. The Morgan fingerprint density at radius 3 is 0.913 bits per heavy atom. The van der Waals surface area contributed by atoms with Crippen LogP contribution >= 0.6 is 0 Å². The smallest absolute Gasteiger partial charge is 0.00747 e. The van der Waals surface area contributed by atoms with Crippen molar-refractivity contribution < 1.29 is 21.1 Å². The van der Waals surface area contributed by atoms with E-state index in [2.05, 4.69) is 91.0 Å². The maximum Gasteiger partial charge on any atom is 0.00747 e. The van der Waals surface area contributed by atoms with E-state index in [1.807, 2.05) is 0 Å². The maximum atomic E-state index is 4.72. The van der Waals surface area contributed by atoms with Crippen LogP contribution in [-0.2, 0) is 21.1 Å². The molecule has 2 heteroatoms. The zero-order chi connectivity index (χ0) is 13.8. The molecule has 23 heavy (non-hydrogen) atoms. The van der Waals surface area contributed by atoms with E-state index in [1.54, 1.807) is 0 Å². The molecule has 0 nitrogen and oxygen atoms in total. The van der Waals surface area contributed by atoms with Crippen LogP contribution < -0.4 is 15.6 Å². The second kappa shape index (κ2) is 9.65. The molecule has 0 aliphatic carbocycles. The predicted octanol–water partition coefficient (Wildman–Crippen LogP) is 3.43. The van der Waals surface area contributed by atoms with Crippen LogP contribution in [0.5, 0.6) is 0 Å². The molecule has 3 aromatic carbocycles. The number of rotatable bonds is 3. The Morgan fingerprint density at radius 2 is 0.696 bits per heavy atom. The summed E-state index contributed by atoms with van der Waals surface area (Å²) < 4.78 is 0. The molecule has 0 aromatic heterocycles. The van der Waals surface area contributed by atoms with Crippen LogP contribution in [0.1, 0.15) is 0 Å². The molecular formula is C21H23PtSi-3. The summed E-state index contributed by atoms with van der Waals surface area (Å²) in [5, 5.41) is 4.03. The minimum Gasteiger partial charge on any atom is -0.358 e. The van der Waals surface area contributed by atoms with Gasteiger partial charge in [0.05, 0.1) is 0 Å². The van der Waals surface area contributed by atoms with Crippen molar-refractivity contribution in [1.29, 1.82) is 0 Å². The molecule has 3 aromatic rings. The van der Waals surface area contributed by atoms with Gasteiger partial charge >= 0.3 is 0 Å². The third kappa shape index (κ3) is 4.31. The van der Waals surface area contributed by atoms with E-state index in [4.69, 9.17) is 6.55 Å². The SMILES string of the molecule is [CH2-][Si](c1ccccc1)(c1ccccc1)c1ccccc1.[CH3-].[CH3-].[Pt]. The fourth-order valence-electron chi connectivity index (χ4n) is 2.67. The number of hydrogen-bond donors (Lipinski definition) is 0. The quantitative estimate of drug-likeness (QED) is 0.295. The molecule has 0 unspecified atom stereocenters. The molecule has 0 fully saturated rings. The summed E-state index contributed by atoms with van der Waals surface area (Å²) in [4.78, 5) is 0. The molecule has 124 valence electrons. The van der Waals surface area contributed by atoms with Crippen molar-refractivity contribution in [2.45, 2.75) is 0 Å². The van der Waals surface area contributed by atoms with Crippen molar-refractivity contribution in [3.63, 3.8) is 0 Å². The topological polar surface area (TPSA) is 0 Å². The fraction of sp³-hybridized carbons (Fsp3) is 0. The van der Waals surface area contributed by atoms with Gasteiger partial charge in [-0.2, -0.15) is 0 Å². The largest absolute Gasteiger partial charge is 0.358 e. The molecule has 0 saturated heterocycles. The Bertz CT molecular complexity index is 569. The Hall–Kier alpha value is -1.43. The van der Waals surface area contributed by atoms with Crippen LogP contribution in [0.2, 0.25) is 0 Å². The predicted molar refractivity (Wildman–Crippen MR) is 102 cm³/mol. The average Bonchev–Trinajstić information content (AvgIpc) is 2.56. The van der Waals surface area contributed by atoms with Crippen molar-refractivity contribution in [1.82, 2.24) is 0 Å². The van der Waals surface area contributed by atoms with Crippen molar-refractivity contribution in [2.75, 3.05) is 0 Å². The van der Waals surface area contributed by atoms with Crippen LogP contribution in [0.15, 0.2) is 91.0 Å². The molecule has 3 rings (SSSR count). The summed E-state index contributed by atoms with van der Waals surface area (Å²) in [5.74, 6) is 0. The second-order valence-electron chi connectivity index (χ2n) is 5.00. The van der Waals surface area contributed by atoms with E-state index in [0.29, 0.717) is 0 Å². The third-order valence-electron chi connectivity index (χ3n) is 3.80. The standard InChI is InChI=1S/C19H17Si.2CH3.Pt/c1-20(17-11-5-2-6-12-17,18-13-7-3-8-14-18)19-15-9-4-10-16-19;;;/h2-16H,1H2;2*1H3;/q3*-1;. The maximum absolute atomic E-state index is 4.72. The molecule has 0 bridgehead atoms. The Morgan fingerprint density at radius 1 is 0.478 bits per heavy atom. The number of hydrogen-bond acceptors (Lipinski definition) is 0. The van der Waals surface area contributed by atoms with E-state index in [9.17, 15) is 0 Å². The first-order chi connectivity index (χ1) is 9.82. The molecule has 0 spiro atoms. The van der Waals surface area contributed by atoms with Crippen molar-refractivity contribution in [2.24, 2.45) is 0 Å². The second-order valence-corrected chi connectivity index (χ2v) is 8.55. The zero-order valence-electron chi connectivity index (χ0n) is 13.7. The first-order valence-electron chi connectivity index (χ1n) is 6.84. The van der Waals surface area contributed by atoms with E-state index in [0.717, 1.165) is 0 Å². The fourth-order valence-corrected chi connectivity index (χ4v) is 5.95. The van der Waals surface area contributed by atoms with Crippen LogP contribution in [0.4, 0.5) is 0 Å². The van der Waals surface area contributed by atoms with Gasteiger partial charge in [-0.15, -0.1) is 0 Å². The Labute approximate surface area is 156 Å². The molecule has 0 N–H and O–H groups in total. The van der Waals surface area contributed by atoms with Crippen LogP contribution in [-0.4, -0.2) is 8.07 Å². The van der Waals surface area contributed by atoms with Crippen molar-refractivity contribution >= 4 is 23.6 Å². The molecule has 0 aliphatic rings. The van der Waals surface area contributed by atoms with Crippen molar-refractivity contribution in [3.05, 3.63) is 112 Å². The normalized spacial score (nSPS) is 9.78. The van der Waals surface area contributed by atoms with Gasteiger partial charge in [-0.05, 0) is 0 Å². The van der Waals surface area contributed by atoms with Crippen molar-refractivity contribution in [3.8, 4) is 0 Å². The van der Waals surface area contributed by atoms with Gasteiger partial charge in [-0.1, -0.05) is 107 Å². The molecule has 0 saturated carbocycles. The number of benzene rings is 3. The molecule has 0 radical (unpaired) electrons. The Kier molecular flexibility index (Phi) is 9.05. The van der Waals surface area contributed by atoms with E-state index >= 15 is 0 Å². The first kappa shape index (κ1) is 21.6. The van der Waals surface area contributed by atoms with Gasteiger partial charge in [0.25, 0.3) is 0 Å². The zero-order valence-corrected chi connectivity index (χ0v) is 17.0. The summed E-state index contributed by atoms with van der Waals surface area (Å²) in [6, 6.07) is 32.1. The molecular weight excluding hydrogens is 475 g/mol. The van der Waals surface area contributed by atoms with Gasteiger partial charge in [0, 0.05) is 29.1 Å². The third-order valence-corrected chi connectivity index (χ3v) is 7.76. The van der Waals surface area contributed by atoms with Gasteiger partial charge in [0.2, 0.25) is 0 Å². The first-order valence-corrected chi connectivity index (χ1v) is 9.04. The molecule has 0 heterocycles. The monoisotopic (exact) mass is 498 g/mol. The minimum atomic E-state index is -2.13. The van der Waals surface area contributed by atoms with Crippen LogP contribution in [0.3, 0.4) is 0 Å². The minimum absolute atomic E-state index is 0. The van der Waals surface area contributed by atoms with E-state index < -0.39 is 8.07 Å². The summed E-state index contributed by atoms with van der Waals surface area (Å²) in [5.41, 5.74) is 0. The average molecular weight is 499 g/mol. The Balaban J connectivity index is 0.00000161. The van der Waals surface area contributed by atoms with Gasteiger partial charge in [-0.3, -0.25) is 0 Å². The van der Waals surface area contributed by atoms with E-state index in [-0.39, 0.29) is 35.9 Å². The van der Waals surface area contributed by atoms with Gasteiger partial charge in [0.1, 0.15) is 0 Å². The summed E-state index contributed by atoms with van der Waals surface area (Å²) in [6.45, 7) is 4.72. The van der Waals surface area contributed by atoms with Gasteiger partial charge < -0.3 is 21.4 Å². The van der Waals surface area contributed by atoms with Crippen LogP contribution in [0, 0.1) is 21.4 Å². The molecule has 0 aliphatic heterocycles. The van der Waals surface area contributed by atoms with E-state index in [1.165, 1.54) is 15.6 Å². The van der Waals surface area contributed by atoms with Crippen LogP contribution in [0.25, 0.3) is 0 Å². The summed E-state index contributed by atoms with van der Waals surface area (Å²) in [7, 11) is -2.13. The summed E-state index contributed by atoms with van der Waals surface area (Å²) >= 11 is 0. The van der Waals surface area contributed by atoms with Gasteiger partial charge in [0.15, 0.2) is 0 Å². The molecule has 0 amide bonds. The van der Waals surface area contributed by atoms with Gasteiger partial charge in [-0.25, -0.2) is 0 Å².